The highest BCUT2D eigenvalue weighted by molar-refractivity contribution is 4.86. The smallest absolute Gasteiger partial charge is 0.0581 e. The number of hydrogen-bond acceptors (Lipinski definition) is 3. The fraction of sp³-hybridized carbons (Fsp3) is 1.00. The summed E-state index contributed by atoms with van der Waals surface area (Å²) in [6.45, 7) is 7.84. The molecule has 0 amide bonds. The molecule has 0 aliphatic heterocycles. The van der Waals surface area contributed by atoms with Crippen LogP contribution in [0.4, 0.5) is 0 Å². The number of nitrogens with zero attached hydrogens (tertiary/aromatic N) is 2. The predicted molar refractivity (Wildman–Crippen MR) is 73.2 cm³/mol. The quantitative estimate of drug-likeness (QED) is 0.794. The van der Waals surface area contributed by atoms with Crippen LogP contribution in [0, 0.1) is 11.3 Å². The Labute approximate surface area is 107 Å². The zero-order valence-corrected chi connectivity index (χ0v) is 12.2. The molecule has 0 aromatic heterocycles. The van der Waals surface area contributed by atoms with Gasteiger partial charge >= 0.3 is 0 Å². The van der Waals surface area contributed by atoms with Gasteiger partial charge in [0.05, 0.1) is 6.10 Å². The Morgan fingerprint density at radius 1 is 1.18 bits per heavy atom. The van der Waals surface area contributed by atoms with Gasteiger partial charge in [-0.3, -0.25) is 0 Å². The highest BCUT2D eigenvalue weighted by atomic mass is 16.3. The summed E-state index contributed by atoms with van der Waals surface area (Å²) in [5.41, 5.74) is 0.409. The van der Waals surface area contributed by atoms with E-state index in [0.717, 1.165) is 38.9 Å². The summed E-state index contributed by atoms with van der Waals surface area (Å²) in [6, 6.07) is 0. The first-order chi connectivity index (χ1) is 7.80. The van der Waals surface area contributed by atoms with Crippen LogP contribution in [0.5, 0.6) is 0 Å². The third-order valence-corrected chi connectivity index (χ3v) is 3.95. The molecule has 3 heteroatoms. The first kappa shape index (κ1) is 14.9. The van der Waals surface area contributed by atoms with Crippen molar-refractivity contribution in [3.05, 3.63) is 0 Å². The Balaban J connectivity index is 2.38. The summed E-state index contributed by atoms with van der Waals surface area (Å²) in [7, 11) is 6.37. The van der Waals surface area contributed by atoms with Crippen LogP contribution in [0.1, 0.15) is 33.1 Å². The van der Waals surface area contributed by atoms with Crippen LogP contribution in [0.15, 0.2) is 0 Å². The topological polar surface area (TPSA) is 26.7 Å². The molecule has 0 saturated heterocycles. The number of aliphatic hydroxyl groups is 1. The van der Waals surface area contributed by atoms with Gasteiger partial charge < -0.3 is 14.9 Å². The summed E-state index contributed by atoms with van der Waals surface area (Å²) >= 11 is 0. The normalized spacial score (nSPS) is 28.9. The van der Waals surface area contributed by atoms with Crippen molar-refractivity contribution in [2.24, 2.45) is 11.3 Å². The van der Waals surface area contributed by atoms with Crippen molar-refractivity contribution >= 4 is 0 Å². The van der Waals surface area contributed by atoms with Crippen LogP contribution in [-0.2, 0) is 0 Å². The van der Waals surface area contributed by atoms with E-state index in [1.165, 1.54) is 0 Å². The van der Waals surface area contributed by atoms with E-state index in [-0.39, 0.29) is 6.10 Å². The lowest BCUT2D eigenvalue weighted by Gasteiger charge is -2.40. The lowest BCUT2D eigenvalue weighted by atomic mass is 9.71. The fourth-order valence-corrected chi connectivity index (χ4v) is 2.77. The Bertz CT molecular complexity index is 228. The zero-order valence-electron chi connectivity index (χ0n) is 12.2. The first-order valence-electron chi connectivity index (χ1n) is 6.81. The molecular formula is C14H30N2O. The van der Waals surface area contributed by atoms with Gasteiger partial charge in [0.15, 0.2) is 0 Å². The third kappa shape index (κ3) is 5.36. The maximum Gasteiger partial charge on any atom is 0.0581 e. The number of rotatable bonds is 5. The van der Waals surface area contributed by atoms with E-state index < -0.39 is 0 Å². The van der Waals surface area contributed by atoms with Gasteiger partial charge in [-0.1, -0.05) is 13.8 Å². The second kappa shape index (κ2) is 6.17. The van der Waals surface area contributed by atoms with Crippen LogP contribution in [0.25, 0.3) is 0 Å². The van der Waals surface area contributed by atoms with E-state index in [2.05, 4.69) is 44.8 Å². The summed E-state index contributed by atoms with van der Waals surface area (Å²) in [5.74, 6) is 0.450. The fourth-order valence-electron chi connectivity index (χ4n) is 2.77. The lowest BCUT2D eigenvalue weighted by Crippen LogP contribution is -2.41. The molecule has 1 aliphatic carbocycles. The molecule has 1 saturated carbocycles. The minimum absolute atomic E-state index is 0.0927. The summed E-state index contributed by atoms with van der Waals surface area (Å²) in [5, 5.41) is 10.1. The molecule has 0 spiro atoms. The number of aliphatic hydroxyl groups excluding tert-OH is 1. The maximum atomic E-state index is 10.1. The molecule has 1 aliphatic rings. The summed E-state index contributed by atoms with van der Waals surface area (Å²) in [6.07, 6.45) is 3.19. The van der Waals surface area contributed by atoms with Crippen molar-refractivity contribution in [2.45, 2.75) is 39.2 Å². The van der Waals surface area contributed by atoms with Gasteiger partial charge in [0.25, 0.3) is 0 Å². The van der Waals surface area contributed by atoms with E-state index in [1.54, 1.807) is 0 Å². The van der Waals surface area contributed by atoms with E-state index in [1.807, 2.05) is 0 Å². The second-order valence-corrected chi connectivity index (χ2v) is 6.80. The Morgan fingerprint density at radius 3 is 2.41 bits per heavy atom. The molecule has 0 heterocycles. The molecule has 0 bridgehead atoms. The molecule has 2 unspecified atom stereocenters. The van der Waals surface area contributed by atoms with Crippen LogP contribution in [-0.4, -0.2) is 61.8 Å². The van der Waals surface area contributed by atoms with Gasteiger partial charge in [0, 0.05) is 19.6 Å². The standard InChI is InChI=1S/C14H30N2O/c1-14(2)7-6-13(17)12(10-14)11-16(5)9-8-15(3)4/h12-13,17H,6-11H2,1-5H3. The van der Waals surface area contributed by atoms with Gasteiger partial charge in [-0.15, -0.1) is 0 Å². The highest BCUT2D eigenvalue weighted by Crippen LogP contribution is 2.38. The van der Waals surface area contributed by atoms with Crippen LogP contribution < -0.4 is 0 Å². The SMILES string of the molecule is CN(C)CCN(C)CC1CC(C)(C)CCC1O. The lowest BCUT2D eigenvalue weighted by molar-refractivity contribution is 0.00718. The molecule has 0 aromatic carbocycles. The summed E-state index contributed by atoms with van der Waals surface area (Å²) < 4.78 is 0. The van der Waals surface area contributed by atoms with Crippen LogP contribution >= 0.6 is 0 Å². The third-order valence-electron chi connectivity index (χ3n) is 3.95. The minimum Gasteiger partial charge on any atom is -0.393 e. The number of hydrogen-bond donors (Lipinski definition) is 1. The summed E-state index contributed by atoms with van der Waals surface area (Å²) in [4.78, 5) is 4.56. The molecule has 0 radical (unpaired) electrons. The molecule has 1 fully saturated rings. The highest BCUT2D eigenvalue weighted by Gasteiger charge is 2.34. The van der Waals surface area contributed by atoms with Crippen molar-refractivity contribution < 1.29 is 5.11 Å². The molecule has 0 aromatic rings. The van der Waals surface area contributed by atoms with Crippen LogP contribution in [0.2, 0.25) is 0 Å². The molecule has 102 valence electrons. The van der Waals surface area contributed by atoms with Crippen molar-refractivity contribution in [1.29, 1.82) is 0 Å². The van der Waals surface area contributed by atoms with E-state index in [9.17, 15) is 5.11 Å². The van der Waals surface area contributed by atoms with Gasteiger partial charge in [0.2, 0.25) is 0 Å². The van der Waals surface area contributed by atoms with Crippen molar-refractivity contribution in [1.82, 2.24) is 9.80 Å². The Kier molecular flexibility index (Phi) is 5.42. The van der Waals surface area contributed by atoms with Gasteiger partial charge in [-0.25, -0.2) is 0 Å². The average molecular weight is 242 g/mol. The molecule has 1 N–H and O–H groups in total. The van der Waals surface area contributed by atoms with Crippen molar-refractivity contribution in [2.75, 3.05) is 40.8 Å². The van der Waals surface area contributed by atoms with Gasteiger partial charge in [-0.05, 0) is 51.7 Å². The van der Waals surface area contributed by atoms with Crippen molar-refractivity contribution in [3.8, 4) is 0 Å². The van der Waals surface area contributed by atoms with E-state index in [4.69, 9.17) is 0 Å². The minimum atomic E-state index is -0.0927. The second-order valence-electron chi connectivity index (χ2n) is 6.80. The van der Waals surface area contributed by atoms with E-state index in [0.29, 0.717) is 11.3 Å². The zero-order chi connectivity index (χ0) is 13.1. The molecule has 1 rings (SSSR count). The average Bonchev–Trinajstić information content (AvgIpc) is 2.20. The van der Waals surface area contributed by atoms with Gasteiger partial charge in [-0.2, -0.15) is 0 Å². The van der Waals surface area contributed by atoms with Crippen molar-refractivity contribution in [3.63, 3.8) is 0 Å². The molecular weight excluding hydrogens is 212 g/mol. The largest absolute Gasteiger partial charge is 0.393 e. The Morgan fingerprint density at radius 2 is 1.82 bits per heavy atom. The van der Waals surface area contributed by atoms with Gasteiger partial charge in [0.1, 0.15) is 0 Å². The molecule has 2 atom stereocenters. The van der Waals surface area contributed by atoms with Crippen LogP contribution in [0.3, 0.4) is 0 Å². The van der Waals surface area contributed by atoms with E-state index >= 15 is 0 Å². The Hall–Kier alpha value is -0.120. The molecule has 3 nitrogen and oxygen atoms in total. The molecule has 17 heavy (non-hydrogen) atoms. The predicted octanol–water partition coefficient (Wildman–Crippen LogP) is 1.67. The monoisotopic (exact) mass is 242 g/mol. The first-order valence-corrected chi connectivity index (χ1v) is 6.81. The number of likely N-dealkylation sites (N-methyl/N-ethyl adjacent to an activating group) is 2. The maximum absolute atomic E-state index is 10.1.